The minimum Gasteiger partial charge on any atom is -0.457 e. The maximum absolute atomic E-state index is 12.5. The molecule has 1 amide bonds. The Morgan fingerprint density at radius 2 is 1.70 bits per heavy atom. The molecule has 2 heterocycles. The number of fused-ring (bicyclic) bond motifs is 1. The fourth-order valence-corrected chi connectivity index (χ4v) is 3.56. The third-order valence-corrected chi connectivity index (χ3v) is 4.69. The van der Waals surface area contributed by atoms with Gasteiger partial charge in [0.2, 0.25) is 0 Å². The van der Waals surface area contributed by atoms with E-state index in [-0.39, 0.29) is 11.9 Å². The van der Waals surface area contributed by atoms with Crippen molar-refractivity contribution in [3.05, 3.63) is 54.6 Å². The van der Waals surface area contributed by atoms with Crippen LogP contribution in [-0.2, 0) is 4.79 Å². The van der Waals surface area contributed by atoms with Crippen LogP contribution in [0.4, 0.5) is 5.69 Å². The molecule has 4 nitrogen and oxygen atoms in total. The summed E-state index contributed by atoms with van der Waals surface area (Å²) in [4.78, 5) is 16.2. The van der Waals surface area contributed by atoms with Gasteiger partial charge in [-0.15, -0.1) is 0 Å². The Bertz CT molecular complexity index is 723. The molecule has 0 radical (unpaired) electrons. The molecule has 2 saturated heterocycles. The lowest BCUT2D eigenvalue weighted by atomic mass is 10.2. The number of benzene rings is 2. The number of hydrogen-bond donors (Lipinski definition) is 0. The smallest absolute Gasteiger partial charge is 0.256 e. The van der Waals surface area contributed by atoms with Gasteiger partial charge in [-0.25, -0.2) is 0 Å². The maximum Gasteiger partial charge on any atom is 0.256 e. The van der Waals surface area contributed by atoms with Crippen molar-refractivity contribution in [2.75, 3.05) is 11.4 Å². The quantitative estimate of drug-likeness (QED) is 0.808. The Balaban J connectivity index is 1.54. The van der Waals surface area contributed by atoms with Crippen LogP contribution in [0.25, 0.3) is 0 Å². The van der Waals surface area contributed by atoms with Crippen molar-refractivity contribution in [3.8, 4) is 11.5 Å². The average molecular weight is 324 g/mol. The van der Waals surface area contributed by atoms with E-state index in [0.717, 1.165) is 36.6 Å². The summed E-state index contributed by atoms with van der Waals surface area (Å²) >= 11 is 5.47. The van der Waals surface area contributed by atoms with Gasteiger partial charge in [-0.1, -0.05) is 18.2 Å². The molecule has 4 rings (SSSR count). The molecule has 5 heteroatoms. The van der Waals surface area contributed by atoms with Crippen LogP contribution in [0.3, 0.4) is 0 Å². The average Bonchev–Trinajstić information content (AvgIpc) is 3.14. The number of carbonyl (C=O) groups is 1. The first-order valence-corrected chi connectivity index (χ1v) is 8.12. The fraction of sp³-hybridized carbons (Fsp3) is 0.222. The summed E-state index contributed by atoms with van der Waals surface area (Å²) in [5.41, 5.74) is 0.801. The molecule has 0 aliphatic carbocycles. The van der Waals surface area contributed by atoms with Crippen molar-refractivity contribution < 1.29 is 9.53 Å². The molecular formula is C18H16N2O2S. The minimum absolute atomic E-state index is 0.0669. The molecule has 1 atom stereocenters. The predicted octanol–water partition coefficient (Wildman–Crippen LogP) is 3.57. The van der Waals surface area contributed by atoms with Crippen molar-refractivity contribution in [1.29, 1.82) is 0 Å². The summed E-state index contributed by atoms with van der Waals surface area (Å²) in [5, 5.41) is 0.620. The summed E-state index contributed by atoms with van der Waals surface area (Å²) < 4.78 is 5.78. The van der Waals surface area contributed by atoms with E-state index < -0.39 is 0 Å². The molecule has 0 N–H and O–H groups in total. The van der Waals surface area contributed by atoms with E-state index in [1.54, 1.807) is 4.90 Å². The number of anilines is 1. The third-order valence-electron chi connectivity index (χ3n) is 4.27. The maximum atomic E-state index is 12.5. The lowest BCUT2D eigenvalue weighted by Gasteiger charge is -2.19. The molecule has 0 aromatic heterocycles. The van der Waals surface area contributed by atoms with Crippen molar-refractivity contribution in [3.63, 3.8) is 0 Å². The molecule has 2 aliphatic heterocycles. The summed E-state index contributed by atoms with van der Waals surface area (Å²) in [6.45, 7) is 0.876. The summed E-state index contributed by atoms with van der Waals surface area (Å²) in [7, 11) is 0. The SMILES string of the molecule is O=C1[C@H]2CCCN2C(=S)N1c1ccc(Oc2ccccc2)cc1. The standard InChI is InChI=1S/C18H16N2O2S/c21-17-16-7-4-12-19(16)18(23)20(17)13-8-10-15(11-9-13)22-14-5-2-1-3-6-14/h1-3,5-6,8-11,16H,4,7,12H2/t16-/m1/s1. The first kappa shape index (κ1) is 14.2. The monoisotopic (exact) mass is 324 g/mol. The van der Waals surface area contributed by atoms with Gasteiger partial charge in [0.1, 0.15) is 17.5 Å². The highest BCUT2D eigenvalue weighted by Gasteiger charge is 2.45. The predicted molar refractivity (Wildman–Crippen MR) is 92.8 cm³/mol. The second-order valence-corrected chi connectivity index (χ2v) is 6.08. The zero-order valence-electron chi connectivity index (χ0n) is 12.5. The second kappa shape index (κ2) is 5.66. The lowest BCUT2D eigenvalue weighted by Crippen LogP contribution is -2.32. The van der Waals surface area contributed by atoms with Crippen molar-refractivity contribution >= 4 is 28.9 Å². The number of nitrogens with zero attached hydrogens (tertiary/aromatic N) is 2. The van der Waals surface area contributed by atoms with Crippen LogP contribution in [0.15, 0.2) is 54.6 Å². The Labute approximate surface area is 140 Å². The first-order chi connectivity index (χ1) is 11.2. The highest BCUT2D eigenvalue weighted by atomic mass is 32.1. The Kier molecular flexibility index (Phi) is 3.50. The Morgan fingerprint density at radius 1 is 1.00 bits per heavy atom. The van der Waals surface area contributed by atoms with Crippen LogP contribution in [-0.4, -0.2) is 28.5 Å². The van der Waals surface area contributed by atoms with E-state index in [1.807, 2.05) is 59.5 Å². The molecule has 2 aromatic carbocycles. The van der Waals surface area contributed by atoms with E-state index in [0.29, 0.717) is 5.11 Å². The molecular weight excluding hydrogens is 308 g/mol. The van der Waals surface area contributed by atoms with Gasteiger partial charge >= 0.3 is 0 Å². The molecule has 2 aliphatic rings. The molecule has 0 bridgehead atoms. The lowest BCUT2D eigenvalue weighted by molar-refractivity contribution is -0.119. The molecule has 0 unspecified atom stereocenters. The zero-order valence-corrected chi connectivity index (χ0v) is 13.3. The number of hydrogen-bond acceptors (Lipinski definition) is 3. The van der Waals surface area contributed by atoms with E-state index in [2.05, 4.69) is 0 Å². The van der Waals surface area contributed by atoms with Crippen molar-refractivity contribution in [2.45, 2.75) is 18.9 Å². The van der Waals surface area contributed by atoms with Gasteiger partial charge in [0.05, 0.1) is 5.69 Å². The van der Waals surface area contributed by atoms with Crippen LogP contribution < -0.4 is 9.64 Å². The fourth-order valence-electron chi connectivity index (χ4n) is 3.15. The van der Waals surface area contributed by atoms with Gasteiger partial charge in [-0.3, -0.25) is 9.69 Å². The molecule has 2 fully saturated rings. The largest absolute Gasteiger partial charge is 0.457 e. The number of carbonyl (C=O) groups excluding carboxylic acids is 1. The van der Waals surface area contributed by atoms with E-state index in [4.69, 9.17) is 17.0 Å². The van der Waals surface area contributed by atoms with Gasteiger partial charge in [-0.2, -0.15) is 0 Å². The summed E-state index contributed by atoms with van der Waals surface area (Å²) in [6.07, 6.45) is 1.93. The zero-order chi connectivity index (χ0) is 15.8. The Hall–Kier alpha value is -2.40. The van der Waals surface area contributed by atoms with Gasteiger partial charge < -0.3 is 9.64 Å². The van der Waals surface area contributed by atoms with Crippen LogP contribution in [0.1, 0.15) is 12.8 Å². The van der Waals surface area contributed by atoms with E-state index in [1.165, 1.54) is 0 Å². The number of rotatable bonds is 3. The normalized spacial score (nSPS) is 20.1. The number of amides is 1. The first-order valence-electron chi connectivity index (χ1n) is 7.71. The number of ether oxygens (including phenoxy) is 1. The highest BCUT2D eigenvalue weighted by Crippen LogP contribution is 2.32. The van der Waals surface area contributed by atoms with Crippen LogP contribution >= 0.6 is 12.2 Å². The van der Waals surface area contributed by atoms with Crippen LogP contribution in [0, 0.1) is 0 Å². The summed E-state index contributed by atoms with van der Waals surface area (Å²) in [5.74, 6) is 1.61. The second-order valence-electron chi connectivity index (χ2n) is 5.72. The summed E-state index contributed by atoms with van der Waals surface area (Å²) in [6, 6.07) is 17.0. The molecule has 116 valence electrons. The van der Waals surface area contributed by atoms with E-state index >= 15 is 0 Å². The minimum atomic E-state index is -0.0669. The molecule has 0 spiro atoms. The molecule has 0 saturated carbocycles. The third kappa shape index (κ3) is 2.47. The number of thiocarbonyl (C=S) groups is 1. The van der Waals surface area contributed by atoms with Crippen LogP contribution in [0.2, 0.25) is 0 Å². The van der Waals surface area contributed by atoms with Gasteiger partial charge in [-0.05, 0) is 61.5 Å². The van der Waals surface area contributed by atoms with E-state index in [9.17, 15) is 4.79 Å². The Morgan fingerprint density at radius 3 is 2.39 bits per heavy atom. The molecule has 23 heavy (non-hydrogen) atoms. The van der Waals surface area contributed by atoms with Crippen LogP contribution in [0.5, 0.6) is 11.5 Å². The van der Waals surface area contributed by atoms with Crippen molar-refractivity contribution in [1.82, 2.24) is 4.90 Å². The van der Waals surface area contributed by atoms with Crippen molar-refractivity contribution in [2.24, 2.45) is 0 Å². The highest BCUT2D eigenvalue weighted by molar-refractivity contribution is 7.80. The molecule has 2 aromatic rings. The topological polar surface area (TPSA) is 32.8 Å². The van der Waals surface area contributed by atoms with Gasteiger partial charge in [0.15, 0.2) is 5.11 Å². The number of para-hydroxylation sites is 1. The van der Waals surface area contributed by atoms with Gasteiger partial charge in [0, 0.05) is 6.54 Å². The van der Waals surface area contributed by atoms with Gasteiger partial charge in [0.25, 0.3) is 5.91 Å².